The molecule has 0 radical (unpaired) electrons. The third-order valence-corrected chi connectivity index (χ3v) is 6.54. The fraction of sp³-hybridized carbons (Fsp3) is 0.0870. The number of aromatic nitrogens is 3. The molecule has 4 aromatic rings. The van der Waals surface area contributed by atoms with Crippen LogP contribution in [0.3, 0.4) is 0 Å². The molecule has 10 heteroatoms. The van der Waals surface area contributed by atoms with E-state index >= 15 is 0 Å². The number of benzene rings is 3. The van der Waals surface area contributed by atoms with Gasteiger partial charge in [0.2, 0.25) is 5.82 Å². The zero-order chi connectivity index (χ0) is 23.4. The summed E-state index contributed by atoms with van der Waals surface area (Å²) in [6, 6.07) is 24.6. The summed E-state index contributed by atoms with van der Waals surface area (Å²) in [6.07, 6.45) is 0. The van der Waals surface area contributed by atoms with Crippen LogP contribution in [0.4, 0.5) is 5.69 Å². The summed E-state index contributed by atoms with van der Waals surface area (Å²) in [6.45, 7) is 0. The van der Waals surface area contributed by atoms with Crippen LogP contribution >= 0.6 is 0 Å². The maximum atomic E-state index is 12.9. The van der Waals surface area contributed by atoms with Gasteiger partial charge in [-0.25, -0.2) is 18.1 Å². The number of nitrogens with one attached hydrogen (secondary N) is 1. The van der Waals surface area contributed by atoms with Crippen molar-refractivity contribution < 1.29 is 18.0 Å². The second kappa shape index (κ2) is 9.33. The first-order valence-electron chi connectivity index (χ1n) is 9.92. The fourth-order valence-corrected chi connectivity index (χ4v) is 4.05. The molecule has 0 saturated carbocycles. The molecule has 9 nitrogen and oxygen atoms in total. The Hall–Kier alpha value is -3.86. The standard InChI is InChI=1S/C23H21N5O4S/c1-27(32-2)33(30,31)20-15-13-18(14-16-20)24-23(29)21-25-22(17-9-5-3-6-10-17)28(26-21)19-11-7-4-8-12-19/h3-16H,1-2H3,(H,24,29). The van der Waals surface area contributed by atoms with Gasteiger partial charge in [0, 0.05) is 18.3 Å². The number of para-hydroxylation sites is 1. The fourth-order valence-electron chi connectivity index (χ4n) is 3.08. The van der Waals surface area contributed by atoms with E-state index in [9.17, 15) is 13.2 Å². The lowest BCUT2D eigenvalue weighted by molar-refractivity contribution is -0.0258. The van der Waals surface area contributed by atoms with Gasteiger partial charge in [-0.1, -0.05) is 53.0 Å². The summed E-state index contributed by atoms with van der Waals surface area (Å²) in [5.74, 6) is -0.0176. The maximum Gasteiger partial charge on any atom is 0.295 e. The molecule has 1 amide bonds. The lowest BCUT2D eigenvalue weighted by atomic mass is 10.2. The van der Waals surface area contributed by atoms with E-state index in [4.69, 9.17) is 4.84 Å². The van der Waals surface area contributed by atoms with E-state index in [1.807, 2.05) is 60.7 Å². The van der Waals surface area contributed by atoms with Crippen molar-refractivity contribution in [2.45, 2.75) is 4.90 Å². The van der Waals surface area contributed by atoms with Crippen molar-refractivity contribution in [2.24, 2.45) is 0 Å². The largest absolute Gasteiger partial charge is 0.319 e. The summed E-state index contributed by atoms with van der Waals surface area (Å²) >= 11 is 0. The average Bonchev–Trinajstić information content (AvgIpc) is 3.31. The summed E-state index contributed by atoms with van der Waals surface area (Å²) in [5.41, 5.74) is 1.97. The van der Waals surface area contributed by atoms with Crippen LogP contribution in [0.5, 0.6) is 0 Å². The van der Waals surface area contributed by atoms with Gasteiger partial charge >= 0.3 is 0 Å². The van der Waals surface area contributed by atoms with Crippen molar-refractivity contribution in [3.8, 4) is 17.1 Å². The Morgan fingerprint density at radius 2 is 1.55 bits per heavy atom. The molecule has 3 aromatic carbocycles. The van der Waals surface area contributed by atoms with Crippen molar-refractivity contribution in [1.82, 2.24) is 19.2 Å². The van der Waals surface area contributed by atoms with Crippen molar-refractivity contribution in [1.29, 1.82) is 0 Å². The van der Waals surface area contributed by atoms with Crippen LogP contribution in [-0.4, -0.2) is 47.7 Å². The molecule has 0 aliphatic rings. The number of rotatable bonds is 7. The first kappa shape index (κ1) is 22.3. The first-order chi connectivity index (χ1) is 15.9. The minimum absolute atomic E-state index is 0.0199. The number of hydroxylamine groups is 1. The van der Waals surface area contributed by atoms with E-state index in [2.05, 4.69) is 15.4 Å². The Balaban J connectivity index is 1.62. The maximum absolute atomic E-state index is 12.9. The number of carbonyl (C=O) groups is 1. The molecule has 0 spiro atoms. The zero-order valence-electron chi connectivity index (χ0n) is 17.9. The molecular weight excluding hydrogens is 442 g/mol. The number of anilines is 1. The first-order valence-corrected chi connectivity index (χ1v) is 11.4. The number of carbonyl (C=O) groups excluding carboxylic acids is 1. The van der Waals surface area contributed by atoms with Gasteiger partial charge in [-0.05, 0) is 36.4 Å². The van der Waals surface area contributed by atoms with E-state index in [0.29, 0.717) is 11.5 Å². The van der Waals surface area contributed by atoms with E-state index < -0.39 is 15.9 Å². The van der Waals surface area contributed by atoms with Crippen LogP contribution in [0, 0.1) is 0 Å². The van der Waals surface area contributed by atoms with Crippen molar-refractivity contribution in [3.05, 3.63) is 90.8 Å². The molecule has 0 saturated heterocycles. The van der Waals surface area contributed by atoms with Crippen LogP contribution in [0.15, 0.2) is 89.8 Å². The van der Waals surface area contributed by atoms with Gasteiger partial charge in [-0.2, -0.15) is 0 Å². The summed E-state index contributed by atoms with van der Waals surface area (Å²) in [5, 5.41) is 7.13. The summed E-state index contributed by atoms with van der Waals surface area (Å²) in [4.78, 5) is 22.1. The molecule has 0 bridgehead atoms. The molecule has 4 rings (SSSR count). The van der Waals surface area contributed by atoms with E-state index in [1.54, 1.807) is 4.68 Å². The highest BCUT2D eigenvalue weighted by Gasteiger charge is 2.22. The Morgan fingerprint density at radius 1 is 0.939 bits per heavy atom. The SMILES string of the molecule is CON(C)S(=O)(=O)c1ccc(NC(=O)c2nc(-c3ccccc3)n(-c3ccccc3)n2)cc1. The molecular formula is C23H21N5O4S. The highest BCUT2D eigenvalue weighted by atomic mass is 32.2. The van der Waals surface area contributed by atoms with Gasteiger partial charge in [0.1, 0.15) is 0 Å². The summed E-state index contributed by atoms with van der Waals surface area (Å²) in [7, 11) is -1.22. The molecule has 168 valence electrons. The third-order valence-electron chi connectivity index (χ3n) is 4.85. The Morgan fingerprint density at radius 3 is 2.15 bits per heavy atom. The smallest absolute Gasteiger partial charge is 0.295 e. The number of hydrogen-bond donors (Lipinski definition) is 1. The quantitative estimate of drug-likeness (QED) is 0.421. The molecule has 0 aliphatic carbocycles. The lowest BCUT2D eigenvalue weighted by Gasteiger charge is -2.14. The number of hydrogen-bond acceptors (Lipinski definition) is 6. The van der Waals surface area contributed by atoms with Gasteiger partial charge in [-0.15, -0.1) is 5.10 Å². The topological polar surface area (TPSA) is 106 Å². The Labute approximate surface area is 191 Å². The van der Waals surface area contributed by atoms with Crippen LogP contribution in [0.2, 0.25) is 0 Å². The van der Waals surface area contributed by atoms with Crippen molar-refractivity contribution >= 4 is 21.6 Å². The number of sulfonamides is 1. The second-order valence-corrected chi connectivity index (χ2v) is 8.88. The van der Waals surface area contributed by atoms with E-state index in [0.717, 1.165) is 15.7 Å². The van der Waals surface area contributed by atoms with Crippen LogP contribution in [0.25, 0.3) is 17.1 Å². The van der Waals surface area contributed by atoms with Crippen LogP contribution in [0.1, 0.15) is 10.6 Å². The summed E-state index contributed by atoms with van der Waals surface area (Å²) < 4.78 is 27.0. The minimum atomic E-state index is -3.78. The number of nitrogens with zero attached hydrogens (tertiary/aromatic N) is 4. The molecule has 1 heterocycles. The van der Waals surface area contributed by atoms with Crippen LogP contribution in [-0.2, 0) is 14.9 Å². The zero-order valence-corrected chi connectivity index (χ0v) is 18.7. The Bertz CT molecular complexity index is 1300. The third kappa shape index (κ3) is 4.67. The highest BCUT2D eigenvalue weighted by Crippen LogP contribution is 2.22. The van der Waals surface area contributed by atoms with Gasteiger partial charge in [0.25, 0.3) is 15.9 Å². The molecule has 1 aromatic heterocycles. The van der Waals surface area contributed by atoms with Crippen LogP contribution < -0.4 is 5.32 Å². The van der Waals surface area contributed by atoms with Gasteiger partial charge in [-0.3, -0.25) is 9.63 Å². The van der Waals surface area contributed by atoms with Gasteiger partial charge in [0.05, 0.1) is 17.7 Å². The molecule has 1 N–H and O–H groups in total. The van der Waals surface area contributed by atoms with Crippen molar-refractivity contribution in [2.75, 3.05) is 19.5 Å². The van der Waals surface area contributed by atoms with E-state index in [-0.39, 0.29) is 10.7 Å². The Kier molecular flexibility index (Phi) is 6.31. The molecule has 0 atom stereocenters. The predicted molar refractivity (Wildman–Crippen MR) is 123 cm³/mol. The highest BCUT2D eigenvalue weighted by molar-refractivity contribution is 7.89. The van der Waals surface area contributed by atoms with E-state index in [1.165, 1.54) is 38.4 Å². The van der Waals surface area contributed by atoms with Gasteiger partial charge in [0.15, 0.2) is 5.82 Å². The average molecular weight is 464 g/mol. The monoisotopic (exact) mass is 463 g/mol. The lowest BCUT2D eigenvalue weighted by Crippen LogP contribution is -2.25. The van der Waals surface area contributed by atoms with Gasteiger partial charge < -0.3 is 5.32 Å². The molecule has 0 unspecified atom stereocenters. The predicted octanol–water partition coefficient (Wildman–Crippen LogP) is 3.37. The normalized spacial score (nSPS) is 11.5. The molecule has 0 fully saturated rings. The molecule has 33 heavy (non-hydrogen) atoms. The second-order valence-electron chi connectivity index (χ2n) is 6.95. The number of amides is 1. The minimum Gasteiger partial charge on any atom is -0.319 e. The van der Waals surface area contributed by atoms with Crippen molar-refractivity contribution in [3.63, 3.8) is 0 Å². The molecule has 0 aliphatic heterocycles.